The molecule has 2 saturated carbocycles. The van der Waals surface area contributed by atoms with Crippen LogP contribution in [0.3, 0.4) is 0 Å². The summed E-state index contributed by atoms with van der Waals surface area (Å²) in [5.74, 6) is 0.190. The summed E-state index contributed by atoms with van der Waals surface area (Å²) >= 11 is 0. The molecular formula is C20H26F2O2. The second kappa shape index (κ2) is 6.72. The van der Waals surface area contributed by atoms with Gasteiger partial charge in [-0.15, -0.1) is 0 Å². The highest BCUT2D eigenvalue weighted by molar-refractivity contribution is 5.22. The third kappa shape index (κ3) is 3.23. The van der Waals surface area contributed by atoms with Crippen LogP contribution in [0, 0.1) is 23.5 Å². The van der Waals surface area contributed by atoms with Crippen LogP contribution in [0.4, 0.5) is 8.78 Å². The largest absolute Gasteiger partial charge is 0.348 e. The molecule has 1 spiro atoms. The Morgan fingerprint density at radius 1 is 0.792 bits per heavy atom. The summed E-state index contributed by atoms with van der Waals surface area (Å²) in [5.41, 5.74) is 0.961. The quantitative estimate of drug-likeness (QED) is 0.741. The molecule has 2 nitrogen and oxygen atoms in total. The van der Waals surface area contributed by atoms with Gasteiger partial charge in [-0.05, 0) is 74.0 Å². The molecule has 1 saturated heterocycles. The average molecular weight is 336 g/mol. The third-order valence-electron chi connectivity index (χ3n) is 6.46. The van der Waals surface area contributed by atoms with Crippen molar-refractivity contribution in [1.29, 1.82) is 0 Å². The maximum absolute atomic E-state index is 13.4. The standard InChI is InChI=1S/C20H26F2O2/c21-18-6-5-17(13-19(18)22)15-3-1-14(2-4-15)16-7-9-20(10-8-16)23-11-12-24-20/h5-6,13-16H,1-4,7-12H2/t14-,15-. The zero-order chi connectivity index (χ0) is 16.6. The molecule has 132 valence electrons. The summed E-state index contributed by atoms with van der Waals surface area (Å²) in [6, 6.07) is 4.40. The summed E-state index contributed by atoms with van der Waals surface area (Å²) in [6.45, 7) is 1.48. The number of ether oxygens (including phenoxy) is 2. The van der Waals surface area contributed by atoms with Crippen molar-refractivity contribution in [2.75, 3.05) is 13.2 Å². The Morgan fingerprint density at radius 2 is 1.42 bits per heavy atom. The molecule has 3 fully saturated rings. The van der Waals surface area contributed by atoms with Gasteiger partial charge in [0.15, 0.2) is 17.4 Å². The molecule has 0 N–H and O–H groups in total. The van der Waals surface area contributed by atoms with Gasteiger partial charge in [0.25, 0.3) is 0 Å². The van der Waals surface area contributed by atoms with Crippen molar-refractivity contribution in [2.24, 2.45) is 11.8 Å². The zero-order valence-electron chi connectivity index (χ0n) is 14.1. The molecule has 0 unspecified atom stereocenters. The van der Waals surface area contributed by atoms with Gasteiger partial charge in [0.1, 0.15) is 0 Å². The predicted molar refractivity (Wildman–Crippen MR) is 87.7 cm³/mol. The predicted octanol–water partition coefficient (Wildman–Crippen LogP) is 5.17. The molecule has 4 heteroatoms. The van der Waals surface area contributed by atoms with E-state index in [1.54, 1.807) is 6.07 Å². The highest BCUT2D eigenvalue weighted by Crippen LogP contribution is 2.46. The van der Waals surface area contributed by atoms with Gasteiger partial charge < -0.3 is 9.47 Å². The monoisotopic (exact) mass is 336 g/mol. The van der Waals surface area contributed by atoms with Crippen molar-refractivity contribution in [3.05, 3.63) is 35.4 Å². The smallest absolute Gasteiger partial charge is 0.168 e. The Kier molecular flexibility index (Phi) is 4.61. The second-order valence-corrected chi connectivity index (χ2v) is 7.73. The molecule has 1 aromatic carbocycles. The highest BCUT2D eigenvalue weighted by atomic mass is 19.2. The van der Waals surface area contributed by atoms with Gasteiger partial charge in [-0.3, -0.25) is 0 Å². The minimum Gasteiger partial charge on any atom is -0.348 e. The minimum atomic E-state index is -0.750. The molecule has 0 amide bonds. The van der Waals surface area contributed by atoms with Crippen LogP contribution in [0.25, 0.3) is 0 Å². The second-order valence-electron chi connectivity index (χ2n) is 7.73. The van der Waals surface area contributed by atoms with Crippen molar-refractivity contribution < 1.29 is 18.3 Å². The lowest BCUT2D eigenvalue weighted by Gasteiger charge is -2.41. The molecule has 0 atom stereocenters. The molecule has 0 radical (unpaired) electrons. The summed E-state index contributed by atoms with van der Waals surface area (Å²) < 4.78 is 38.2. The van der Waals surface area contributed by atoms with E-state index in [9.17, 15) is 8.78 Å². The zero-order valence-corrected chi connectivity index (χ0v) is 14.1. The Labute approximate surface area is 142 Å². The van der Waals surface area contributed by atoms with Crippen LogP contribution >= 0.6 is 0 Å². The molecule has 1 aromatic rings. The normalized spacial score (nSPS) is 30.8. The van der Waals surface area contributed by atoms with Crippen LogP contribution < -0.4 is 0 Å². The minimum absolute atomic E-state index is 0.265. The van der Waals surface area contributed by atoms with Crippen molar-refractivity contribution in [3.8, 4) is 0 Å². The van der Waals surface area contributed by atoms with Crippen molar-refractivity contribution in [1.82, 2.24) is 0 Å². The Bertz CT molecular complexity index is 565. The fraction of sp³-hybridized carbons (Fsp3) is 0.700. The first kappa shape index (κ1) is 16.5. The average Bonchev–Trinajstić information content (AvgIpc) is 3.06. The summed E-state index contributed by atoms with van der Waals surface area (Å²) in [7, 11) is 0. The molecule has 0 aromatic heterocycles. The number of benzene rings is 1. The fourth-order valence-corrected chi connectivity index (χ4v) is 5.03. The van der Waals surface area contributed by atoms with E-state index in [0.29, 0.717) is 5.92 Å². The van der Waals surface area contributed by atoms with Gasteiger partial charge in [-0.1, -0.05) is 6.07 Å². The van der Waals surface area contributed by atoms with Crippen LogP contribution in [0.1, 0.15) is 62.8 Å². The van der Waals surface area contributed by atoms with E-state index < -0.39 is 11.6 Å². The molecular weight excluding hydrogens is 310 g/mol. The first-order valence-corrected chi connectivity index (χ1v) is 9.38. The Hall–Kier alpha value is -1.00. The molecule has 1 aliphatic heterocycles. The van der Waals surface area contributed by atoms with E-state index in [1.165, 1.54) is 37.8 Å². The van der Waals surface area contributed by atoms with Crippen LogP contribution in [0.2, 0.25) is 0 Å². The van der Waals surface area contributed by atoms with Crippen molar-refractivity contribution in [2.45, 2.75) is 63.1 Å². The molecule has 3 aliphatic rings. The van der Waals surface area contributed by atoms with Crippen LogP contribution in [0.5, 0.6) is 0 Å². The third-order valence-corrected chi connectivity index (χ3v) is 6.46. The van der Waals surface area contributed by atoms with Crippen LogP contribution in [0.15, 0.2) is 18.2 Å². The topological polar surface area (TPSA) is 18.5 Å². The van der Waals surface area contributed by atoms with E-state index in [0.717, 1.165) is 56.3 Å². The van der Waals surface area contributed by atoms with E-state index in [1.807, 2.05) is 0 Å². The summed E-state index contributed by atoms with van der Waals surface area (Å²) in [4.78, 5) is 0. The first-order chi connectivity index (χ1) is 11.7. The van der Waals surface area contributed by atoms with Gasteiger partial charge in [-0.25, -0.2) is 8.78 Å². The van der Waals surface area contributed by atoms with E-state index >= 15 is 0 Å². The first-order valence-electron chi connectivity index (χ1n) is 9.38. The highest BCUT2D eigenvalue weighted by Gasteiger charge is 2.42. The maximum atomic E-state index is 13.4. The molecule has 1 heterocycles. The van der Waals surface area contributed by atoms with Gasteiger partial charge in [-0.2, -0.15) is 0 Å². The fourth-order valence-electron chi connectivity index (χ4n) is 5.03. The van der Waals surface area contributed by atoms with Gasteiger partial charge in [0.2, 0.25) is 0 Å². The van der Waals surface area contributed by atoms with E-state index in [2.05, 4.69) is 0 Å². The van der Waals surface area contributed by atoms with Crippen LogP contribution in [-0.2, 0) is 9.47 Å². The summed E-state index contributed by atoms with van der Waals surface area (Å²) in [6.07, 6.45) is 9.02. The van der Waals surface area contributed by atoms with Gasteiger partial charge in [0, 0.05) is 12.8 Å². The summed E-state index contributed by atoms with van der Waals surface area (Å²) in [5, 5.41) is 0. The number of hydrogen-bond donors (Lipinski definition) is 0. The van der Waals surface area contributed by atoms with Crippen LogP contribution in [-0.4, -0.2) is 19.0 Å². The lowest BCUT2D eigenvalue weighted by Crippen LogP contribution is -2.37. The number of rotatable bonds is 2. The number of hydrogen-bond acceptors (Lipinski definition) is 2. The molecule has 0 bridgehead atoms. The van der Waals surface area contributed by atoms with E-state index in [4.69, 9.17) is 9.47 Å². The lowest BCUT2D eigenvalue weighted by molar-refractivity contribution is -0.185. The van der Waals surface area contributed by atoms with Gasteiger partial charge >= 0.3 is 0 Å². The maximum Gasteiger partial charge on any atom is 0.168 e. The van der Waals surface area contributed by atoms with E-state index in [-0.39, 0.29) is 5.79 Å². The molecule has 4 rings (SSSR count). The molecule has 24 heavy (non-hydrogen) atoms. The Morgan fingerprint density at radius 3 is 2.04 bits per heavy atom. The van der Waals surface area contributed by atoms with Crippen molar-refractivity contribution in [3.63, 3.8) is 0 Å². The molecule has 2 aliphatic carbocycles. The van der Waals surface area contributed by atoms with Gasteiger partial charge in [0.05, 0.1) is 13.2 Å². The number of halogens is 2. The van der Waals surface area contributed by atoms with Crippen molar-refractivity contribution >= 4 is 0 Å². The lowest BCUT2D eigenvalue weighted by atomic mass is 9.69. The Balaban J connectivity index is 1.31. The SMILES string of the molecule is Fc1ccc([C@H]2CC[C@H](C3CCC4(CC3)OCCO4)CC2)cc1F.